The van der Waals surface area contributed by atoms with Gasteiger partial charge in [-0.15, -0.1) is 0 Å². The topological polar surface area (TPSA) is 79.4 Å². The van der Waals surface area contributed by atoms with Crippen LogP contribution in [-0.4, -0.2) is 31.7 Å². The van der Waals surface area contributed by atoms with Crippen molar-refractivity contribution < 1.29 is 0 Å². The highest BCUT2D eigenvalue weighted by atomic mass is 32.2. The summed E-state index contributed by atoms with van der Waals surface area (Å²) in [6.45, 7) is 5.05. The maximum atomic E-state index is 4.34. The molecule has 96 valence electrons. The lowest BCUT2D eigenvalue weighted by atomic mass is 10.2. The summed E-state index contributed by atoms with van der Waals surface area (Å²) >= 11 is 1.48. The van der Waals surface area contributed by atoms with Crippen molar-refractivity contribution in [3.8, 4) is 0 Å². The van der Waals surface area contributed by atoms with Crippen molar-refractivity contribution >= 4 is 17.6 Å². The number of rotatable bonds is 6. The Morgan fingerprint density at radius 1 is 1.22 bits per heavy atom. The van der Waals surface area contributed by atoms with Crippen molar-refractivity contribution in [2.75, 3.05) is 11.9 Å². The molecule has 0 aliphatic heterocycles. The number of H-pyrrole nitrogens is 1. The Morgan fingerprint density at radius 2 is 2.11 bits per heavy atom. The number of aromatic nitrogens is 5. The predicted octanol–water partition coefficient (Wildman–Crippen LogP) is 2.13. The molecule has 0 amide bonds. The minimum Gasteiger partial charge on any atom is -0.370 e. The van der Waals surface area contributed by atoms with E-state index in [1.807, 2.05) is 0 Å². The molecule has 0 saturated heterocycles. The molecule has 7 heteroatoms. The lowest BCUT2D eigenvalue weighted by Crippen LogP contribution is -2.06. The lowest BCUT2D eigenvalue weighted by Gasteiger charge is -2.11. The van der Waals surface area contributed by atoms with E-state index in [4.69, 9.17) is 0 Å². The SMILES string of the molecule is CCCc1c(NCC)ncnc1Sc1ncn[nH]1. The van der Waals surface area contributed by atoms with Gasteiger partial charge in [-0.2, -0.15) is 5.10 Å². The Hall–Kier alpha value is -1.63. The summed E-state index contributed by atoms with van der Waals surface area (Å²) in [6, 6.07) is 0. The van der Waals surface area contributed by atoms with Crippen molar-refractivity contribution in [2.24, 2.45) is 0 Å². The summed E-state index contributed by atoms with van der Waals surface area (Å²) in [6.07, 6.45) is 5.07. The van der Waals surface area contributed by atoms with Crippen LogP contribution in [0.15, 0.2) is 22.8 Å². The fourth-order valence-electron chi connectivity index (χ4n) is 1.61. The van der Waals surface area contributed by atoms with Crippen molar-refractivity contribution in [1.82, 2.24) is 25.1 Å². The smallest absolute Gasteiger partial charge is 0.189 e. The van der Waals surface area contributed by atoms with E-state index in [0.717, 1.165) is 41.0 Å². The molecule has 2 heterocycles. The van der Waals surface area contributed by atoms with Gasteiger partial charge in [0.25, 0.3) is 0 Å². The van der Waals surface area contributed by atoms with Crippen molar-refractivity contribution in [3.63, 3.8) is 0 Å². The first-order valence-electron chi connectivity index (χ1n) is 5.96. The van der Waals surface area contributed by atoms with Crippen LogP contribution in [0, 0.1) is 0 Å². The maximum Gasteiger partial charge on any atom is 0.189 e. The van der Waals surface area contributed by atoms with Gasteiger partial charge in [-0.05, 0) is 25.1 Å². The molecule has 0 aliphatic carbocycles. The largest absolute Gasteiger partial charge is 0.370 e. The van der Waals surface area contributed by atoms with Crippen LogP contribution >= 0.6 is 11.8 Å². The summed E-state index contributed by atoms with van der Waals surface area (Å²) in [7, 11) is 0. The third-order valence-corrected chi connectivity index (χ3v) is 3.27. The molecule has 2 N–H and O–H groups in total. The van der Waals surface area contributed by atoms with Crippen LogP contribution in [0.5, 0.6) is 0 Å². The van der Waals surface area contributed by atoms with Gasteiger partial charge in [-0.25, -0.2) is 15.0 Å². The molecule has 6 nitrogen and oxygen atoms in total. The average molecular weight is 264 g/mol. The molecule has 0 saturated carbocycles. The van der Waals surface area contributed by atoms with E-state index < -0.39 is 0 Å². The van der Waals surface area contributed by atoms with Crippen LogP contribution in [0.2, 0.25) is 0 Å². The minimum atomic E-state index is 0.744. The summed E-state index contributed by atoms with van der Waals surface area (Å²) < 4.78 is 0. The van der Waals surface area contributed by atoms with Gasteiger partial charge in [0.15, 0.2) is 5.16 Å². The summed E-state index contributed by atoms with van der Waals surface area (Å²) in [5.41, 5.74) is 1.14. The first-order valence-corrected chi connectivity index (χ1v) is 6.77. The van der Waals surface area contributed by atoms with Crippen LogP contribution < -0.4 is 5.32 Å². The van der Waals surface area contributed by atoms with Gasteiger partial charge in [-0.3, -0.25) is 5.10 Å². The Kier molecular flexibility index (Phi) is 4.52. The Labute approximate surface area is 110 Å². The van der Waals surface area contributed by atoms with Crippen molar-refractivity contribution in [3.05, 3.63) is 18.2 Å². The number of anilines is 1. The van der Waals surface area contributed by atoms with Gasteiger partial charge in [0.05, 0.1) is 0 Å². The normalized spacial score (nSPS) is 10.6. The molecule has 0 bridgehead atoms. The van der Waals surface area contributed by atoms with Crippen molar-refractivity contribution in [1.29, 1.82) is 0 Å². The fraction of sp³-hybridized carbons (Fsp3) is 0.455. The highest BCUT2D eigenvalue weighted by molar-refractivity contribution is 7.99. The lowest BCUT2D eigenvalue weighted by molar-refractivity contribution is 0.852. The predicted molar refractivity (Wildman–Crippen MR) is 70.7 cm³/mol. The van der Waals surface area contributed by atoms with Gasteiger partial charge in [0.1, 0.15) is 23.5 Å². The molecule has 0 aromatic carbocycles. The quantitative estimate of drug-likeness (QED) is 0.778. The molecule has 0 atom stereocenters. The Bertz CT molecular complexity index is 484. The van der Waals surface area contributed by atoms with E-state index in [2.05, 4.69) is 44.3 Å². The van der Waals surface area contributed by atoms with Crippen LogP contribution in [-0.2, 0) is 6.42 Å². The second kappa shape index (κ2) is 6.34. The number of nitrogens with one attached hydrogen (secondary N) is 2. The van der Waals surface area contributed by atoms with Gasteiger partial charge < -0.3 is 5.32 Å². The zero-order valence-corrected chi connectivity index (χ0v) is 11.3. The standard InChI is InChI=1S/C11H16N6S/c1-3-5-8-9(12-4-2)13-6-14-10(8)18-11-15-7-16-17-11/h6-7H,3-5H2,1-2H3,(H,12,13,14)(H,15,16,17). The second-order valence-corrected chi connectivity index (χ2v) is 4.66. The zero-order valence-electron chi connectivity index (χ0n) is 10.5. The fourth-order valence-corrected chi connectivity index (χ4v) is 2.42. The van der Waals surface area contributed by atoms with Gasteiger partial charge in [0, 0.05) is 12.1 Å². The maximum absolute atomic E-state index is 4.34. The molecule has 0 unspecified atom stereocenters. The third kappa shape index (κ3) is 2.98. The second-order valence-electron chi connectivity index (χ2n) is 3.68. The minimum absolute atomic E-state index is 0.744. The molecule has 0 aliphatic rings. The Morgan fingerprint density at radius 3 is 2.78 bits per heavy atom. The van der Waals surface area contributed by atoms with Crippen LogP contribution in [0.1, 0.15) is 25.8 Å². The average Bonchev–Trinajstić information content (AvgIpc) is 2.86. The molecule has 2 aromatic heterocycles. The zero-order chi connectivity index (χ0) is 12.8. The van der Waals surface area contributed by atoms with Gasteiger partial charge >= 0.3 is 0 Å². The summed E-state index contributed by atoms with van der Waals surface area (Å²) in [5.74, 6) is 0.913. The number of hydrogen-bond acceptors (Lipinski definition) is 6. The van der Waals surface area contributed by atoms with Crippen LogP contribution in [0.25, 0.3) is 0 Å². The number of aromatic amines is 1. The first-order chi connectivity index (χ1) is 8.85. The van der Waals surface area contributed by atoms with E-state index in [-0.39, 0.29) is 0 Å². The molecular weight excluding hydrogens is 248 g/mol. The highest BCUT2D eigenvalue weighted by Gasteiger charge is 2.12. The molecule has 0 spiro atoms. The van der Waals surface area contributed by atoms with Crippen molar-refractivity contribution in [2.45, 2.75) is 36.9 Å². The summed E-state index contributed by atoms with van der Waals surface area (Å²) in [4.78, 5) is 12.7. The molecule has 18 heavy (non-hydrogen) atoms. The van der Waals surface area contributed by atoms with E-state index in [1.165, 1.54) is 18.1 Å². The van der Waals surface area contributed by atoms with E-state index >= 15 is 0 Å². The van der Waals surface area contributed by atoms with Crippen LogP contribution in [0.3, 0.4) is 0 Å². The first kappa shape index (κ1) is 12.8. The molecule has 2 rings (SSSR count). The van der Waals surface area contributed by atoms with Crippen LogP contribution in [0.4, 0.5) is 5.82 Å². The van der Waals surface area contributed by atoms with E-state index in [1.54, 1.807) is 6.33 Å². The molecule has 0 fully saturated rings. The number of nitrogens with zero attached hydrogens (tertiary/aromatic N) is 4. The molecular formula is C11H16N6S. The Balaban J connectivity index is 2.29. The third-order valence-electron chi connectivity index (χ3n) is 2.34. The monoisotopic (exact) mass is 264 g/mol. The molecule has 0 radical (unpaired) electrons. The molecule has 2 aromatic rings. The van der Waals surface area contributed by atoms with Gasteiger partial charge in [0.2, 0.25) is 0 Å². The van der Waals surface area contributed by atoms with E-state index in [9.17, 15) is 0 Å². The van der Waals surface area contributed by atoms with E-state index in [0.29, 0.717) is 0 Å². The summed E-state index contributed by atoms with van der Waals surface area (Å²) in [5, 5.41) is 11.6. The van der Waals surface area contributed by atoms with Gasteiger partial charge in [-0.1, -0.05) is 13.3 Å². The number of hydrogen-bond donors (Lipinski definition) is 2. The highest BCUT2D eigenvalue weighted by Crippen LogP contribution is 2.29.